The maximum atomic E-state index is 13.6. The van der Waals surface area contributed by atoms with E-state index in [1.165, 1.54) is 11.6 Å². The molecule has 1 heterocycles. The van der Waals surface area contributed by atoms with E-state index in [4.69, 9.17) is 0 Å². The van der Waals surface area contributed by atoms with Crippen molar-refractivity contribution in [1.29, 1.82) is 0 Å². The molecule has 0 amide bonds. The van der Waals surface area contributed by atoms with E-state index in [1.54, 1.807) is 6.07 Å². The summed E-state index contributed by atoms with van der Waals surface area (Å²) >= 11 is 0. The molecule has 2 atom stereocenters. The quantitative estimate of drug-likeness (QED) is 0.734. The highest BCUT2D eigenvalue weighted by Gasteiger charge is 2.41. The van der Waals surface area contributed by atoms with Gasteiger partial charge >= 0.3 is 0 Å². The molecule has 0 saturated heterocycles. The first kappa shape index (κ1) is 10.7. The third kappa shape index (κ3) is 1.73. The Kier molecular flexibility index (Phi) is 2.21. The Labute approximate surface area is 110 Å². The number of nitrogens with one attached hydrogen (secondary N) is 1. The molecule has 3 aromatic rings. The molecule has 3 heteroatoms. The van der Waals surface area contributed by atoms with Gasteiger partial charge in [-0.2, -0.15) is 0 Å². The Morgan fingerprint density at radius 3 is 2.63 bits per heavy atom. The highest BCUT2D eigenvalue weighted by Crippen LogP contribution is 2.53. The number of fused-ring (bicyclic) bond motifs is 1. The zero-order valence-electron chi connectivity index (χ0n) is 10.3. The van der Waals surface area contributed by atoms with E-state index < -0.39 is 0 Å². The predicted octanol–water partition coefficient (Wildman–Crippen LogP) is 3.97. The highest BCUT2D eigenvalue weighted by atomic mass is 19.1. The second-order valence-electron chi connectivity index (χ2n) is 5.12. The number of aromatic amines is 1. The van der Waals surface area contributed by atoms with Crippen LogP contribution < -0.4 is 0 Å². The first-order valence-corrected chi connectivity index (χ1v) is 6.52. The smallest absolute Gasteiger partial charge is 0.151 e. The van der Waals surface area contributed by atoms with Gasteiger partial charge in [-0.1, -0.05) is 36.4 Å². The van der Waals surface area contributed by atoms with Gasteiger partial charge in [0.25, 0.3) is 0 Å². The molecule has 0 radical (unpaired) electrons. The number of rotatable bonds is 2. The lowest BCUT2D eigenvalue weighted by Gasteiger charge is -1.97. The van der Waals surface area contributed by atoms with Crippen LogP contribution in [0.15, 0.2) is 48.5 Å². The standard InChI is InChI=1S/C16H13FN2/c17-13-7-4-8-14-15(13)19-16(18-14)12-9-11(12)10-5-2-1-3-6-10/h1-8,11-12H,9H2,(H,18,19). The van der Waals surface area contributed by atoms with Gasteiger partial charge in [-0.3, -0.25) is 0 Å². The van der Waals surface area contributed by atoms with Crippen LogP contribution in [0.1, 0.15) is 29.6 Å². The maximum Gasteiger partial charge on any atom is 0.151 e. The van der Waals surface area contributed by atoms with Crippen molar-refractivity contribution in [2.45, 2.75) is 18.3 Å². The average molecular weight is 252 g/mol. The fraction of sp³-hybridized carbons (Fsp3) is 0.188. The zero-order valence-corrected chi connectivity index (χ0v) is 10.3. The molecular formula is C16H13FN2. The van der Waals surface area contributed by atoms with Crippen molar-refractivity contribution >= 4 is 11.0 Å². The summed E-state index contributed by atoms with van der Waals surface area (Å²) in [6.45, 7) is 0. The van der Waals surface area contributed by atoms with Crippen LogP contribution in [-0.2, 0) is 0 Å². The fourth-order valence-corrected chi connectivity index (χ4v) is 2.76. The molecule has 0 spiro atoms. The largest absolute Gasteiger partial charge is 0.342 e. The van der Waals surface area contributed by atoms with Crippen molar-refractivity contribution in [2.24, 2.45) is 0 Å². The van der Waals surface area contributed by atoms with Crippen LogP contribution in [0.2, 0.25) is 0 Å². The summed E-state index contributed by atoms with van der Waals surface area (Å²) in [5, 5.41) is 0. The number of imidazole rings is 1. The number of para-hydroxylation sites is 1. The molecule has 19 heavy (non-hydrogen) atoms. The SMILES string of the molecule is Fc1cccc2[nH]c(C3CC3c3ccccc3)nc12. The van der Waals surface area contributed by atoms with Gasteiger partial charge in [-0.25, -0.2) is 9.37 Å². The van der Waals surface area contributed by atoms with Gasteiger partial charge in [0, 0.05) is 5.92 Å². The van der Waals surface area contributed by atoms with Crippen molar-refractivity contribution in [3.8, 4) is 0 Å². The number of halogens is 1. The number of aromatic nitrogens is 2. The minimum Gasteiger partial charge on any atom is -0.342 e. The molecule has 1 aromatic heterocycles. The molecule has 1 N–H and O–H groups in total. The fourth-order valence-electron chi connectivity index (χ4n) is 2.76. The molecule has 0 aliphatic heterocycles. The Morgan fingerprint density at radius 1 is 1.00 bits per heavy atom. The molecule has 0 bridgehead atoms. The molecule has 1 fully saturated rings. The first-order valence-electron chi connectivity index (χ1n) is 6.52. The molecule has 1 saturated carbocycles. The predicted molar refractivity (Wildman–Crippen MR) is 72.6 cm³/mol. The van der Waals surface area contributed by atoms with E-state index in [1.807, 2.05) is 12.1 Å². The van der Waals surface area contributed by atoms with Gasteiger partial charge in [-0.05, 0) is 30.0 Å². The second kappa shape index (κ2) is 3.92. The topological polar surface area (TPSA) is 28.7 Å². The Balaban J connectivity index is 1.68. The monoisotopic (exact) mass is 252 g/mol. The van der Waals surface area contributed by atoms with Crippen molar-refractivity contribution in [3.05, 3.63) is 65.7 Å². The van der Waals surface area contributed by atoms with E-state index in [2.05, 4.69) is 34.2 Å². The summed E-state index contributed by atoms with van der Waals surface area (Å²) in [5.41, 5.74) is 2.58. The molecule has 4 rings (SSSR count). The summed E-state index contributed by atoms with van der Waals surface area (Å²) < 4.78 is 13.6. The molecule has 2 nitrogen and oxygen atoms in total. The van der Waals surface area contributed by atoms with Crippen molar-refractivity contribution in [1.82, 2.24) is 9.97 Å². The van der Waals surface area contributed by atoms with Gasteiger partial charge in [0.15, 0.2) is 5.82 Å². The van der Waals surface area contributed by atoms with Crippen LogP contribution in [0.4, 0.5) is 4.39 Å². The lowest BCUT2D eigenvalue weighted by Crippen LogP contribution is -1.86. The van der Waals surface area contributed by atoms with Crippen molar-refractivity contribution in [3.63, 3.8) is 0 Å². The summed E-state index contributed by atoms with van der Waals surface area (Å²) in [4.78, 5) is 7.67. The van der Waals surface area contributed by atoms with Gasteiger partial charge in [0.2, 0.25) is 0 Å². The van der Waals surface area contributed by atoms with E-state index in [0.29, 0.717) is 17.4 Å². The van der Waals surface area contributed by atoms with Gasteiger partial charge in [-0.15, -0.1) is 0 Å². The second-order valence-corrected chi connectivity index (χ2v) is 5.12. The normalized spacial score (nSPS) is 21.7. The average Bonchev–Trinajstić information content (AvgIpc) is 3.12. The van der Waals surface area contributed by atoms with Crippen LogP contribution in [0.25, 0.3) is 11.0 Å². The summed E-state index contributed by atoms with van der Waals surface area (Å²) in [5.74, 6) is 1.57. The van der Waals surface area contributed by atoms with E-state index in [-0.39, 0.29) is 5.82 Å². The number of hydrogen-bond acceptors (Lipinski definition) is 1. The van der Waals surface area contributed by atoms with Crippen LogP contribution in [-0.4, -0.2) is 9.97 Å². The number of hydrogen-bond donors (Lipinski definition) is 1. The van der Waals surface area contributed by atoms with Gasteiger partial charge in [0.1, 0.15) is 11.3 Å². The van der Waals surface area contributed by atoms with E-state index in [0.717, 1.165) is 17.8 Å². The number of H-pyrrole nitrogens is 1. The van der Waals surface area contributed by atoms with Crippen LogP contribution in [0.5, 0.6) is 0 Å². The lowest BCUT2D eigenvalue weighted by atomic mass is 10.1. The zero-order chi connectivity index (χ0) is 12.8. The third-order valence-corrected chi connectivity index (χ3v) is 3.85. The van der Waals surface area contributed by atoms with Gasteiger partial charge < -0.3 is 4.98 Å². The summed E-state index contributed by atoms with van der Waals surface area (Å²) in [6.07, 6.45) is 1.09. The summed E-state index contributed by atoms with van der Waals surface area (Å²) in [6, 6.07) is 15.5. The highest BCUT2D eigenvalue weighted by molar-refractivity contribution is 5.75. The van der Waals surface area contributed by atoms with Crippen LogP contribution in [0.3, 0.4) is 0 Å². The van der Waals surface area contributed by atoms with E-state index >= 15 is 0 Å². The molecule has 1 aliphatic carbocycles. The van der Waals surface area contributed by atoms with Crippen LogP contribution >= 0.6 is 0 Å². The Bertz CT molecular complexity index is 733. The molecular weight excluding hydrogens is 239 g/mol. The third-order valence-electron chi connectivity index (χ3n) is 3.85. The lowest BCUT2D eigenvalue weighted by molar-refractivity contribution is 0.637. The number of benzene rings is 2. The van der Waals surface area contributed by atoms with Crippen LogP contribution in [0, 0.1) is 5.82 Å². The van der Waals surface area contributed by atoms with Gasteiger partial charge in [0.05, 0.1) is 5.52 Å². The minimum atomic E-state index is -0.253. The molecule has 1 aliphatic rings. The minimum absolute atomic E-state index is 0.253. The van der Waals surface area contributed by atoms with Crippen molar-refractivity contribution in [2.75, 3.05) is 0 Å². The molecule has 2 aromatic carbocycles. The summed E-state index contributed by atoms with van der Waals surface area (Å²) in [7, 11) is 0. The first-order chi connectivity index (χ1) is 9.33. The Hall–Kier alpha value is -2.16. The number of nitrogens with zero attached hydrogens (tertiary/aromatic N) is 1. The molecule has 2 unspecified atom stereocenters. The van der Waals surface area contributed by atoms with E-state index in [9.17, 15) is 4.39 Å². The molecule has 94 valence electrons. The Morgan fingerprint density at radius 2 is 1.84 bits per heavy atom. The maximum absolute atomic E-state index is 13.6. The van der Waals surface area contributed by atoms with Crippen molar-refractivity contribution < 1.29 is 4.39 Å².